The largest absolute Gasteiger partial charge is 0.352 e. The first kappa shape index (κ1) is 24.4. The molecule has 0 atom stereocenters. The molecule has 1 amide bonds. The zero-order chi connectivity index (χ0) is 20.8. The number of unbranched alkanes of at least 4 members (excludes halogenated alkanes) is 1. The molecule has 0 spiro atoms. The van der Waals surface area contributed by atoms with Gasteiger partial charge in [0.05, 0.1) is 0 Å². The van der Waals surface area contributed by atoms with E-state index >= 15 is 0 Å². The smallest absolute Gasteiger partial charge is 0.220 e. The van der Waals surface area contributed by atoms with Crippen LogP contribution in [0.25, 0.3) is 0 Å². The monoisotopic (exact) mass is 391 g/mol. The minimum absolute atomic E-state index is 0.126. The van der Waals surface area contributed by atoms with Crippen LogP contribution >= 0.6 is 0 Å². The lowest BCUT2D eigenvalue weighted by atomic mass is 10.2. The molecular formula is C27H37NO. The summed E-state index contributed by atoms with van der Waals surface area (Å²) in [6.45, 7) is 2.77. The summed E-state index contributed by atoms with van der Waals surface area (Å²) < 4.78 is 0. The molecule has 2 nitrogen and oxygen atoms in total. The van der Waals surface area contributed by atoms with Crippen LogP contribution in [0.4, 0.5) is 0 Å². The molecule has 1 aromatic rings. The van der Waals surface area contributed by atoms with Crippen molar-refractivity contribution < 1.29 is 4.79 Å². The third kappa shape index (κ3) is 16.1. The van der Waals surface area contributed by atoms with E-state index in [4.69, 9.17) is 0 Å². The Labute approximate surface area is 177 Å². The summed E-state index contributed by atoms with van der Waals surface area (Å²) in [6, 6.07) is 10.0. The number of allylic oxidation sites excluding steroid dienone is 10. The summed E-state index contributed by atoms with van der Waals surface area (Å²) in [5.41, 5.74) is 1.14. The van der Waals surface area contributed by atoms with Crippen molar-refractivity contribution in [3.63, 3.8) is 0 Å². The van der Waals surface area contributed by atoms with E-state index in [0.29, 0.717) is 13.0 Å². The molecule has 0 bridgehead atoms. The van der Waals surface area contributed by atoms with Crippen LogP contribution in [0.3, 0.4) is 0 Å². The summed E-state index contributed by atoms with van der Waals surface area (Å²) in [6.07, 6.45) is 29.5. The number of carbonyl (C=O) groups excluding carboxylic acids is 1. The van der Waals surface area contributed by atoms with Crippen molar-refractivity contribution in [1.82, 2.24) is 5.32 Å². The highest BCUT2D eigenvalue weighted by Crippen LogP contribution is 2.01. The van der Waals surface area contributed by atoms with Gasteiger partial charge in [0, 0.05) is 13.0 Å². The summed E-state index contributed by atoms with van der Waals surface area (Å²) in [5.74, 6) is 0.126. The van der Waals surface area contributed by atoms with Crippen molar-refractivity contribution in [2.24, 2.45) is 0 Å². The number of nitrogens with one attached hydrogen (secondary N) is 1. The number of carbonyl (C=O) groups is 1. The maximum absolute atomic E-state index is 11.8. The van der Waals surface area contributed by atoms with Crippen molar-refractivity contribution >= 4 is 5.91 Å². The van der Waals surface area contributed by atoms with Crippen molar-refractivity contribution in [3.8, 4) is 0 Å². The van der Waals surface area contributed by atoms with Gasteiger partial charge in [-0.3, -0.25) is 4.79 Å². The summed E-state index contributed by atoms with van der Waals surface area (Å²) in [7, 11) is 0. The second kappa shape index (κ2) is 18.7. The number of benzene rings is 1. The van der Waals surface area contributed by atoms with E-state index in [-0.39, 0.29) is 5.91 Å². The Kier molecular flexibility index (Phi) is 15.8. The highest BCUT2D eigenvalue weighted by Gasteiger charge is 1.99. The van der Waals surface area contributed by atoms with Crippen LogP contribution in [0.2, 0.25) is 0 Å². The molecule has 1 aromatic carbocycles. The fraction of sp³-hybridized carbons (Fsp3) is 0.370. The van der Waals surface area contributed by atoms with Crippen LogP contribution in [0, 0.1) is 0 Å². The fourth-order valence-electron chi connectivity index (χ4n) is 2.63. The zero-order valence-electron chi connectivity index (χ0n) is 17.9. The third-order valence-electron chi connectivity index (χ3n) is 4.26. The van der Waals surface area contributed by atoms with E-state index in [1.54, 1.807) is 0 Å². The normalized spacial score (nSPS) is 12.3. The maximum Gasteiger partial charge on any atom is 0.220 e. The lowest BCUT2D eigenvalue weighted by Gasteiger charge is -2.04. The second-order valence-corrected chi connectivity index (χ2v) is 6.86. The lowest BCUT2D eigenvalue weighted by Crippen LogP contribution is -2.22. The van der Waals surface area contributed by atoms with Crippen LogP contribution in [0.15, 0.2) is 91.1 Å². The van der Waals surface area contributed by atoms with E-state index in [1.165, 1.54) is 0 Å². The molecule has 29 heavy (non-hydrogen) atoms. The Morgan fingerprint density at radius 2 is 1.28 bits per heavy atom. The van der Waals surface area contributed by atoms with Gasteiger partial charge in [-0.2, -0.15) is 0 Å². The Bertz CT molecular complexity index is 665. The van der Waals surface area contributed by atoms with Crippen LogP contribution in [-0.4, -0.2) is 5.91 Å². The van der Waals surface area contributed by atoms with Crippen LogP contribution in [0.5, 0.6) is 0 Å². The number of hydrogen-bond acceptors (Lipinski definition) is 1. The topological polar surface area (TPSA) is 29.1 Å². The molecule has 1 N–H and O–H groups in total. The number of amides is 1. The van der Waals surface area contributed by atoms with E-state index < -0.39 is 0 Å². The molecule has 0 saturated heterocycles. The highest BCUT2D eigenvalue weighted by atomic mass is 16.1. The lowest BCUT2D eigenvalue weighted by molar-refractivity contribution is -0.121. The van der Waals surface area contributed by atoms with E-state index in [0.717, 1.165) is 50.5 Å². The maximum atomic E-state index is 11.8. The average molecular weight is 392 g/mol. The van der Waals surface area contributed by atoms with Crippen molar-refractivity contribution in [3.05, 3.63) is 96.7 Å². The SMILES string of the molecule is CC/C=C\C/C=C\C/C=C\C/C=C\C/C=C\CCCC(=O)NCc1ccccc1. The zero-order valence-corrected chi connectivity index (χ0v) is 17.9. The van der Waals surface area contributed by atoms with Gasteiger partial charge in [0.2, 0.25) is 5.91 Å². The van der Waals surface area contributed by atoms with Crippen LogP contribution in [-0.2, 0) is 11.3 Å². The molecular weight excluding hydrogens is 354 g/mol. The van der Waals surface area contributed by atoms with Crippen molar-refractivity contribution in [1.29, 1.82) is 0 Å². The molecule has 0 aliphatic heterocycles. The molecule has 2 heteroatoms. The Morgan fingerprint density at radius 1 is 0.759 bits per heavy atom. The second-order valence-electron chi connectivity index (χ2n) is 6.86. The predicted molar refractivity (Wildman–Crippen MR) is 127 cm³/mol. The fourth-order valence-corrected chi connectivity index (χ4v) is 2.63. The van der Waals surface area contributed by atoms with Gasteiger partial charge < -0.3 is 5.32 Å². The van der Waals surface area contributed by atoms with Crippen molar-refractivity contribution in [2.45, 2.75) is 64.8 Å². The molecule has 0 radical (unpaired) electrons. The Balaban J connectivity index is 1.95. The van der Waals surface area contributed by atoms with E-state index in [9.17, 15) is 4.79 Å². The first-order valence-corrected chi connectivity index (χ1v) is 10.9. The van der Waals surface area contributed by atoms with Gasteiger partial charge in [-0.1, -0.05) is 98.0 Å². The molecule has 0 fully saturated rings. The molecule has 0 saturated carbocycles. The van der Waals surface area contributed by atoms with E-state index in [2.05, 4.69) is 73.0 Å². The van der Waals surface area contributed by atoms with Gasteiger partial charge in [0.15, 0.2) is 0 Å². The molecule has 0 heterocycles. The minimum atomic E-state index is 0.126. The van der Waals surface area contributed by atoms with Gasteiger partial charge >= 0.3 is 0 Å². The van der Waals surface area contributed by atoms with Gasteiger partial charge in [0.1, 0.15) is 0 Å². The van der Waals surface area contributed by atoms with Crippen LogP contribution < -0.4 is 5.32 Å². The van der Waals surface area contributed by atoms with E-state index in [1.807, 2.05) is 30.3 Å². The number of hydrogen-bond donors (Lipinski definition) is 1. The average Bonchev–Trinajstić information content (AvgIpc) is 2.75. The molecule has 0 aromatic heterocycles. The van der Waals surface area contributed by atoms with Gasteiger partial charge in [-0.25, -0.2) is 0 Å². The Hall–Kier alpha value is -2.61. The van der Waals surface area contributed by atoms with Gasteiger partial charge in [-0.05, 0) is 50.5 Å². The van der Waals surface area contributed by atoms with Gasteiger partial charge in [-0.15, -0.1) is 0 Å². The molecule has 156 valence electrons. The quantitative estimate of drug-likeness (QED) is 0.248. The first-order chi connectivity index (χ1) is 14.3. The highest BCUT2D eigenvalue weighted by molar-refractivity contribution is 5.75. The van der Waals surface area contributed by atoms with Gasteiger partial charge in [0.25, 0.3) is 0 Å². The van der Waals surface area contributed by atoms with Crippen molar-refractivity contribution in [2.75, 3.05) is 0 Å². The molecule has 0 unspecified atom stereocenters. The van der Waals surface area contributed by atoms with Crippen LogP contribution in [0.1, 0.15) is 63.9 Å². The number of rotatable bonds is 15. The Morgan fingerprint density at radius 3 is 1.83 bits per heavy atom. The predicted octanol–water partition coefficient (Wildman–Crippen LogP) is 7.22. The first-order valence-electron chi connectivity index (χ1n) is 10.9. The summed E-state index contributed by atoms with van der Waals surface area (Å²) in [4.78, 5) is 11.8. The molecule has 1 rings (SSSR count). The summed E-state index contributed by atoms with van der Waals surface area (Å²) in [5, 5.41) is 2.97. The third-order valence-corrected chi connectivity index (χ3v) is 4.26. The summed E-state index contributed by atoms with van der Waals surface area (Å²) >= 11 is 0. The molecule has 0 aliphatic rings. The standard InChI is InChI=1S/C27H37NO/c1-2-3-4-5-6-7-8-9-10-11-12-13-14-15-16-17-21-24-27(29)28-25-26-22-19-18-20-23-26/h3-4,6-7,9-10,12-13,15-16,18-20,22-23H,2,5,8,11,14,17,21,24-25H2,1H3,(H,28,29)/b4-3-,7-6-,10-9-,13-12-,16-15-. The molecule has 0 aliphatic carbocycles. The minimum Gasteiger partial charge on any atom is -0.352 e.